The van der Waals surface area contributed by atoms with Crippen LogP contribution in [0.3, 0.4) is 0 Å². The minimum Gasteiger partial charge on any atom is -0.487 e. The molecule has 0 aliphatic rings. The Morgan fingerprint density at radius 1 is 1.73 bits per heavy atom. The lowest BCUT2D eigenvalue weighted by Gasteiger charge is -1.99. The number of nitrogens with one attached hydrogen (secondary N) is 1. The van der Waals surface area contributed by atoms with Crippen LogP contribution in [0.4, 0.5) is 0 Å². The minimum atomic E-state index is -0.125. The maximum atomic E-state index is 8.60. The third-order valence-electron chi connectivity index (χ3n) is 1.27. The van der Waals surface area contributed by atoms with Crippen molar-refractivity contribution < 1.29 is 5.11 Å². The van der Waals surface area contributed by atoms with Crippen LogP contribution >= 0.6 is 23.6 Å². The van der Waals surface area contributed by atoms with Gasteiger partial charge in [-0.3, -0.25) is 0 Å². The zero-order chi connectivity index (χ0) is 8.10. The topological polar surface area (TPSA) is 32.3 Å². The van der Waals surface area contributed by atoms with Crippen molar-refractivity contribution in [3.63, 3.8) is 0 Å². The lowest BCUT2D eigenvalue weighted by molar-refractivity contribution is 0.531. The Bertz CT molecular complexity index is 220. The van der Waals surface area contributed by atoms with Gasteiger partial charge in [-0.2, -0.15) is 11.3 Å². The molecule has 60 valence electrons. The fourth-order valence-electron chi connectivity index (χ4n) is 0.749. The predicted molar refractivity (Wildman–Crippen MR) is 51.3 cm³/mol. The fourth-order valence-corrected chi connectivity index (χ4v) is 1.55. The lowest BCUT2D eigenvalue weighted by Crippen LogP contribution is -2.22. The highest BCUT2D eigenvalue weighted by atomic mass is 32.1. The average molecular weight is 187 g/mol. The molecule has 1 aromatic heterocycles. The van der Waals surface area contributed by atoms with E-state index in [1.807, 2.05) is 5.38 Å². The second-order valence-electron chi connectivity index (χ2n) is 2.11. The normalized spacial score (nSPS) is 9.45. The third kappa shape index (κ3) is 3.34. The van der Waals surface area contributed by atoms with Crippen LogP contribution in [-0.2, 0) is 6.42 Å². The molecule has 1 rings (SSSR count). The molecule has 0 bridgehead atoms. The van der Waals surface area contributed by atoms with E-state index in [1.165, 1.54) is 5.56 Å². The molecule has 0 amide bonds. The zero-order valence-corrected chi connectivity index (χ0v) is 7.54. The highest BCUT2D eigenvalue weighted by Gasteiger charge is 1.92. The van der Waals surface area contributed by atoms with Crippen molar-refractivity contribution in [1.29, 1.82) is 0 Å². The summed E-state index contributed by atoms with van der Waals surface area (Å²) < 4.78 is 0. The van der Waals surface area contributed by atoms with E-state index < -0.39 is 0 Å². The van der Waals surface area contributed by atoms with Crippen LogP contribution in [0.2, 0.25) is 0 Å². The molecular weight excluding hydrogens is 178 g/mol. The van der Waals surface area contributed by atoms with Crippen LogP contribution in [0, 0.1) is 0 Å². The van der Waals surface area contributed by atoms with Crippen molar-refractivity contribution in [3.8, 4) is 0 Å². The van der Waals surface area contributed by atoms with Gasteiger partial charge in [0.2, 0.25) is 0 Å². The SMILES string of the molecule is OC(=S)NCCc1ccsc1. The van der Waals surface area contributed by atoms with E-state index in [0.717, 1.165) is 6.42 Å². The molecule has 0 saturated carbocycles. The van der Waals surface area contributed by atoms with Gasteiger partial charge in [0.25, 0.3) is 5.17 Å². The first kappa shape index (κ1) is 8.49. The van der Waals surface area contributed by atoms with Crippen LogP contribution in [0.1, 0.15) is 5.56 Å². The molecule has 1 aromatic rings. The largest absolute Gasteiger partial charge is 0.487 e. The molecule has 2 N–H and O–H groups in total. The maximum Gasteiger partial charge on any atom is 0.254 e. The van der Waals surface area contributed by atoms with Gasteiger partial charge in [0.05, 0.1) is 0 Å². The summed E-state index contributed by atoms with van der Waals surface area (Å²) in [5, 5.41) is 15.3. The molecule has 0 atom stereocenters. The summed E-state index contributed by atoms with van der Waals surface area (Å²) in [5.74, 6) is 0. The molecule has 0 aromatic carbocycles. The number of hydrogen-bond acceptors (Lipinski definition) is 2. The first-order chi connectivity index (χ1) is 5.29. The van der Waals surface area contributed by atoms with Gasteiger partial charge in [0, 0.05) is 6.54 Å². The Balaban J connectivity index is 2.19. The highest BCUT2D eigenvalue weighted by Crippen LogP contribution is 2.05. The highest BCUT2D eigenvalue weighted by molar-refractivity contribution is 7.79. The van der Waals surface area contributed by atoms with Crippen molar-refractivity contribution in [2.24, 2.45) is 0 Å². The summed E-state index contributed by atoms with van der Waals surface area (Å²) in [6.45, 7) is 0.700. The van der Waals surface area contributed by atoms with Gasteiger partial charge in [-0.1, -0.05) is 0 Å². The van der Waals surface area contributed by atoms with Gasteiger partial charge in [-0.25, -0.2) is 0 Å². The average Bonchev–Trinajstić information content (AvgIpc) is 2.39. The predicted octanol–water partition coefficient (Wildman–Crippen LogP) is 1.72. The fraction of sp³-hybridized carbons (Fsp3) is 0.286. The Hall–Kier alpha value is -0.610. The molecule has 4 heteroatoms. The van der Waals surface area contributed by atoms with Crippen LogP contribution in [0.25, 0.3) is 0 Å². The minimum absolute atomic E-state index is 0.125. The summed E-state index contributed by atoms with van der Waals surface area (Å²) >= 11 is 6.11. The van der Waals surface area contributed by atoms with E-state index in [9.17, 15) is 0 Å². The van der Waals surface area contributed by atoms with E-state index in [0.29, 0.717) is 6.54 Å². The first-order valence-corrected chi connectivity index (χ1v) is 4.62. The van der Waals surface area contributed by atoms with Crippen molar-refractivity contribution in [2.75, 3.05) is 6.54 Å². The van der Waals surface area contributed by atoms with Crippen LogP contribution in [0.5, 0.6) is 0 Å². The van der Waals surface area contributed by atoms with Crippen molar-refractivity contribution in [3.05, 3.63) is 22.4 Å². The Morgan fingerprint density at radius 3 is 3.09 bits per heavy atom. The van der Waals surface area contributed by atoms with E-state index >= 15 is 0 Å². The molecule has 0 fully saturated rings. The summed E-state index contributed by atoms with van der Waals surface area (Å²) in [6, 6.07) is 2.06. The molecule has 0 radical (unpaired) electrons. The lowest BCUT2D eigenvalue weighted by atomic mass is 10.2. The summed E-state index contributed by atoms with van der Waals surface area (Å²) in [4.78, 5) is 0. The van der Waals surface area contributed by atoms with E-state index in [4.69, 9.17) is 5.11 Å². The van der Waals surface area contributed by atoms with E-state index in [2.05, 4.69) is 29.0 Å². The van der Waals surface area contributed by atoms with Gasteiger partial charge < -0.3 is 10.4 Å². The van der Waals surface area contributed by atoms with Crippen molar-refractivity contribution >= 4 is 28.7 Å². The summed E-state index contributed by atoms with van der Waals surface area (Å²) in [5.41, 5.74) is 1.28. The second-order valence-corrected chi connectivity index (χ2v) is 3.28. The molecular formula is C7H9NOS2. The number of aliphatic hydroxyl groups excluding tert-OH is 1. The second kappa shape index (κ2) is 4.31. The molecule has 0 aliphatic heterocycles. The summed E-state index contributed by atoms with van der Waals surface area (Å²) in [7, 11) is 0. The summed E-state index contributed by atoms with van der Waals surface area (Å²) in [6.07, 6.45) is 0.907. The van der Waals surface area contributed by atoms with Gasteiger partial charge in [0.1, 0.15) is 0 Å². The van der Waals surface area contributed by atoms with Crippen LogP contribution in [0.15, 0.2) is 16.8 Å². The monoisotopic (exact) mass is 187 g/mol. The number of hydrogen-bond donors (Lipinski definition) is 2. The van der Waals surface area contributed by atoms with Crippen LogP contribution < -0.4 is 5.32 Å². The quantitative estimate of drug-likeness (QED) is 0.707. The first-order valence-electron chi connectivity index (χ1n) is 3.27. The van der Waals surface area contributed by atoms with Crippen LogP contribution in [-0.4, -0.2) is 16.8 Å². The molecule has 0 spiro atoms. The van der Waals surface area contributed by atoms with E-state index in [-0.39, 0.29) is 5.17 Å². The standard InChI is InChI=1S/C7H9NOS2/c9-7(10)8-3-1-6-2-4-11-5-6/h2,4-5H,1,3H2,(H2,8,9,10). The zero-order valence-electron chi connectivity index (χ0n) is 5.91. The van der Waals surface area contributed by atoms with Gasteiger partial charge >= 0.3 is 0 Å². The molecule has 0 saturated heterocycles. The Kier molecular flexibility index (Phi) is 3.32. The van der Waals surface area contributed by atoms with Gasteiger partial charge in [-0.05, 0) is 41.0 Å². The Labute approximate surface area is 74.9 Å². The molecule has 11 heavy (non-hydrogen) atoms. The van der Waals surface area contributed by atoms with Gasteiger partial charge in [0.15, 0.2) is 0 Å². The number of aliphatic hydroxyl groups is 1. The maximum absolute atomic E-state index is 8.60. The Morgan fingerprint density at radius 2 is 2.55 bits per heavy atom. The number of thiocarbonyl (C=S) groups is 1. The van der Waals surface area contributed by atoms with Crippen molar-refractivity contribution in [1.82, 2.24) is 5.32 Å². The van der Waals surface area contributed by atoms with E-state index in [1.54, 1.807) is 11.3 Å². The smallest absolute Gasteiger partial charge is 0.254 e. The number of thiophene rings is 1. The molecule has 0 aliphatic carbocycles. The molecule has 1 heterocycles. The van der Waals surface area contributed by atoms with Crippen molar-refractivity contribution in [2.45, 2.75) is 6.42 Å². The molecule has 0 unspecified atom stereocenters. The van der Waals surface area contributed by atoms with Gasteiger partial charge in [-0.15, -0.1) is 0 Å². The molecule has 2 nitrogen and oxygen atoms in total. The number of rotatable bonds is 3. The third-order valence-corrected chi connectivity index (χ3v) is 2.15.